The third kappa shape index (κ3) is 3.70. The quantitative estimate of drug-likeness (QED) is 0.805. The van der Waals surface area contributed by atoms with Crippen LogP contribution in [0, 0.1) is 5.92 Å². The second-order valence-corrected chi connectivity index (χ2v) is 4.93. The molecule has 0 aromatic carbocycles. The maximum atomic E-state index is 6.04. The number of hydrogen-bond acceptors (Lipinski definition) is 3. The Bertz CT molecular complexity index is 345. The van der Waals surface area contributed by atoms with E-state index in [9.17, 15) is 0 Å². The van der Waals surface area contributed by atoms with E-state index in [0.29, 0.717) is 0 Å². The maximum Gasteiger partial charge on any atom is 0.133 e. The van der Waals surface area contributed by atoms with E-state index in [2.05, 4.69) is 36.7 Å². The molecule has 0 fully saturated rings. The Labute approximate surface area is 111 Å². The minimum atomic E-state index is 0.0319. The molecule has 1 atom stereocenters. The van der Waals surface area contributed by atoms with E-state index in [-0.39, 0.29) is 6.04 Å². The van der Waals surface area contributed by atoms with Gasteiger partial charge in [0, 0.05) is 30.9 Å². The van der Waals surface area contributed by atoms with Crippen LogP contribution in [-0.2, 0) is 0 Å². The maximum absolute atomic E-state index is 6.04. The topological polar surface area (TPSA) is 42.2 Å². The number of pyridine rings is 1. The minimum Gasteiger partial charge on any atom is -0.356 e. The second-order valence-electron chi connectivity index (χ2n) is 4.93. The summed E-state index contributed by atoms with van der Waals surface area (Å²) in [6.07, 6.45) is 4.29. The summed E-state index contributed by atoms with van der Waals surface area (Å²) in [5.41, 5.74) is 7.18. The predicted molar refractivity (Wildman–Crippen MR) is 78.8 cm³/mol. The Balaban J connectivity index is 2.94. The lowest BCUT2D eigenvalue weighted by molar-refractivity contribution is 0.483. The molecule has 1 rings (SSSR count). The van der Waals surface area contributed by atoms with E-state index in [4.69, 9.17) is 5.73 Å². The number of hydrogen-bond donors (Lipinski definition) is 1. The van der Waals surface area contributed by atoms with Crippen LogP contribution in [0.3, 0.4) is 0 Å². The van der Waals surface area contributed by atoms with Gasteiger partial charge in [0.25, 0.3) is 0 Å². The monoisotopic (exact) mass is 249 g/mol. The molecule has 0 amide bonds. The standard InChI is InChI=1S/C15H27N3/c1-5-13(6-2)11-18(7-3)15-14(12(4)16)9-8-10-17-15/h8-10,12-13H,5-7,11,16H2,1-4H3/t12-/m0/s1. The van der Waals surface area contributed by atoms with Crippen molar-refractivity contribution in [2.75, 3.05) is 18.0 Å². The van der Waals surface area contributed by atoms with E-state index in [1.165, 1.54) is 12.8 Å². The third-order valence-corrected chi connectivity index (χ3v) is 3.62. The molecule has 0 aliphatic heterocycles. The van der Waals surface area contributed by atoms with Crippen LogP contribution in [0.5, 0.6) is 0 Å². The lowest BCUT2D eigenvalue weighted by Gasteiger charge is -2.28. The summed E-state index contributed by atoms with van der Waals surface area (Å²) < 4.78 is 0. The zero-order chi connectivity index (χ0) is 13.5. The van der Waals surface area contributed by atoms with Gasteiger partial charge in [-0.05, 0) is 25.8 Å². The van der Waals surface area contributed by atoms with Gasteiger partial charge in [-0.2, -0.15) is 0 Å². The highest BCUT2D eigenvalue weighted by Crippen LogP contribution is 2.24. The summed E-state index contributed by atoms with van der Waals surface area (Å²) in [4.78, 5) is 6.90. The fraction of sp³-hybridized carbons (Fsp3) is 0.667. The first-order valence-corrected chi connectivity index (χ1v) is 7.09. The molecular weight excluding hydrogens is 222 g/mol. The van der Waals surface area contributed by atoms with E-state index < -0.39 is 0 Å². The Kier molecular flexibility index (Phi) is 6.13. The first-order chi connectivity index (χ1) is 8.63. The Morgan fingerprint density at radius 3 is 2.44 bits per heavy atom. The summed E-state index contributed by atoms with van der Waals surface area (Å²) in [6, 6.07) is 4.08. The molecule has 3 heteroatoms. The van der Waals surface area contributed by atoms with Gasteiger partial charge in [-0.1, -0.05) is 32.8 Å². The number of nitrogens with two attached hydrogens (primary N) is 1. The van der Waals surface area contributed by atoms with Crippen LogP contribution in [0.15, 0.2) is 18.3 Å². The van der Waals surface area contributed by atoms with Gasteiger partial charge in [-0.3, -0.25) is 0 Å². The zero-order valence-electron chi connectivity index (χ0n) is 12.2. The number of aromatic nitrogens is 1. The molecule has 1 aromatic heterocycles. The predicted octanol–water partition coefficient (Wildman–Crippen LogP) is 3.36. The lowest BCUT2D eigenvalue weighted by atomic mass is 10.0. The molecule has 0 saturated carbocycles. The molecule has 0 spiro atoms. The van der Waals surface area contributed by atoms with Gasteiger partial charge < -0.3 is 10.6 Å². The summed E-state index contributed by atoms with van der Waals surface area (Å²) in [6.45, 7) is 10.8. The molecule has 0 aliphatic carbocycles. The van der Waals surface area contributed by atoms with Gasteiger partial charge in [-0.15, -0.1) is 0 Å². The van der Waals surface area contributed by atoms with Crippen molar-refractivity contribution >= 4 is 5.82 Å². The first kappa shape index (κ1) is 15.0. The van der Waals surface area contributed by atoms with Crippen LogP contribution in [0.1, 0.15) is 52.1 Å². The fourth-order valence-electron chi connectivity index (χ4n) is 2.25. The average Bonchev–Trinajstić information content (AvgIpc) is 2.40. The van der Waals surface area contributed by atoms with Crippen LogP contribution < -0.4 is 10.6 Å². The van der Waals surface area contributed by atoms with Crippen LogP contribution in [0.25, 0.3) is 0 Å². The molecule has 0 unspecified atom stereocenters. The van der Waals surface area contributed by atoms with Crippen LogP contribution in [0.2, 0.25) is 0 Å². The van der Waals surface area contributed by atoms with Crippen molar-refractivity contribution in [2.24, 2.45) is 11.7 Å². The first-order valence-electron chi connectivity index (χ1n) is 7.09. The van der Waals surface area contributed by atoms with E-state index in [1.54, 1.807) is 0 Å². The largest absolute Gasteiger partial charge is 0.356 e. The normalized spacial score (nSPS) is 12.8. The summed E-state index contributed by atoms with van der Waals surface area (Å²) >= 11 is 0. The highest BCUT2D eigenvalue weighted by atomic mass is 15.2. The molecule has 0 saturated heterocycles. The number of anilines is 1. The van der Waals surface area contributed by atoms with Gasteiger partial charge in [0.2, 0.25) is 0 Å². The average molecular weight is 249 g/mol. The van der Waals surface area contributed by atoms with Crippen molar-refractivity contribution in [3.8, 4) is 0 Å². The van der Waals surface area contributed by atoms with Crippen LogP contribution >= 0.6 is 0 Å². The van der Waals surface area contributed by atoms with E-state index in [0.717, 1.165) is 30.4 Å². The Hall–Kier alpha value is -1.09. The van der Waals surface area contributed by atoms with Gasteiger partial charge >= 0.3 is 0 Å². The lowest BCUT2D eigenvalue weighted by Crippen LogP contribution is -2.31. The summed E-state index contributed by atoms with van der Waals surface area (Å²) in [5, 5.41) is 0. The molecule has 0 aliphatic rings. The molecular formula is C15H27N3. The zero-order valence-corrected chi connectivity index (χ0v) is 12.2. The Morgan fingerprint density at radius 2 is 1.94 bits per heavy atom. The molecule has 0 bridgehead atoms. The van der Waals surface area contributed by atoms with Crippen LogP contribution in [0.4, 0.5) is 5.82 Å². The van der Waals surface area contributed by atoms with Crippen molar-refractivity contribution in [1.82, 2.24) is 4.98 Å². The van der Waals surface area contributed by atoms with Crippen molar-refractivity contribution in [3.63, 3.8) is 0 Å². The summed E-state index contributed by atoms with van der Waals surface area (Å²) in [7, 11) is 0. The van der Waals surface area contributed by atoms with Gasteiger partial charge in [-0.25, -0.2) is 4.98 Å². The molecule has 102 valence electrons. The smallest absolute Gasteiger partial charge is 0.133 e. The second kappa shape index (κ2) is 7.37. The number of nitrogens with zero attached hydrogens (tertiary/aromatic N) is 2. The van der Waals surface area contributed by atoms with Crippen LogP contribution in [-0.4, -0.2) is 18.1 Å². The molecule has 18 heavy (non-hydrogen) atoms. The molecule has 1 heterocycles. The Morgan fingerprint density at radius 1 is 1.28 bits per heavy atom. The van der Waals surface area contributed by atoms with Crippen molar-refractivity contribution in [3.05, 3.63) is 23.9 Å². The van der Waals surface area contributed by atoms with Crippen molar-refractivity contribution < 1.29 is 0 Å². The molecule has 1 aromatic rings. The highest BCUT2D eigenvalue weighted by molar-refractivity contribution is 5.48. The number of rotatable bonds is 7. The van der Waals surface area contributed by atoms with Gasteiger partial charge in [0.1, 0.15) is 5.82 Å². The highest BCUT2D eigenvalue weighted by Gasteiger charge is 2.16. The minimum absolute atomic E-state index is 0.0319. The molecule has 0 radical (unpaired) electrons. The van der Waals surface area contributed by atoms with E-state index in [1.807, 2.05) is 19.2 Å². The van der Waals surface area contributed by atoms with Crippen molar-refractivity contribution in [1.29, 1.82) is 0 Å². The molecule has 3 nitrogen and oxygen atoms in total. The van der Waals surface area contributed by atoms with Gasteiger partial charge in [0.05, 0.1) is 0 Å². The van der Waals surface area contributed by atoms with Gasteiger partial charge in [0.15, 0.2) is 0 Å². The fourth-order valence-corrected chi connectivity index (χ4v) is 2.25. The molecule has 2 N–H and O–H groups in total. The third-order valence-electron chi connectivity index (χ3n) is 3.62. The SMILES string of the molecule is CCC(CC)CN(CC)c1ncccc1[C@H](C)N. The summed E-state index contributed by atoms with van der Waals surface area (Å²) in [5.74, 6) is 1.79. The van der Waals surface area contributed by atoms with Crippen molar-refractivity contribution in [2.45, 2.75) is 46.6 Å². The van der Waals surface area contributed by atoms with E-state index >= 15 is 0 Å².